The Hall–Kier alpha value is -1.48. The van der Waals surface area contributed by atoms with Crippen molar-refractivity contribution in [3.8, 4) is 0 Å². The maximum absolute atomic E-state index is 5.80. The summed E-state index contributed by atoms with van der Waals surface area (Å²) in [5.41, 5.74) is 1.19. The average molecular weight is 222 g/mol. The first-order valence-electron chi connectivity index (χ1n) is 4.72. The van der Waals surface area contributed by atoms with Crippen molar-refractivity contribution in [2.45, 2.75) is 6.54 Å². The summed E-state index contributed by atoms with van der Waals surface area (Å²) in [4.78, 5) is 0. The van der Waals surface area contributed by atoms with E-state index < -0.39 is 0 Å². The van der Waals surface area contributed by atoms with Gasteiger partial charge in [-0.25, -0.2) is 0 Å². The lowest BCUT2D eigenvalue weighted by molar-refractivity contribution is 0.768. The van der Waals surface area contributed by atoms with Gasteiger partial charge in [-0.05, 0) is 17.7 Å². The molecule has 3 nitrogen and oxygen atoms in total. The summed E-state index contributed by atoms with van der Waals surface area (Å²) < 4.78 is 1.77. The van der Waals surface area contributed by atoms with Crippen LogP contribution in [-0.2, 0) is 13.6 Å². The number of halogens is 1. The highest BCUT2D eigenvalue weighted by molar-refractivity contribution is 6.30. The molecule has 1 aromatic carbocycles. The zero-order valence-electron chi connectivity index (χ0n) is 8.44. The standard InChI is InChI=1S/C11H12ClN3/c1-15-7-6-11(14-15)13-8-9-2-4-10(12)5-3-9/h2-7H,8H2,1H3,(H,13,14). The van der Waals surface area contributed by atoms with Gasteiger partial charge in [-0.15, -0.1) is 0 Å². The maximum Gasteiger partial charge on any atom is 0.148 e. The van der Waals surface area contributed by atoms with E-state index in [9.17, 15) is 0 Å². The highest BCUT2D eigenvalue weighted by Crippen LogP contribution is 2.11. The second-order valence-corrected chi connectivity index (χ2v) is 3.79. The van der Waals surface area contributed by atoms with Gasteiger partial charge in [0.25, 0.3) is 0 Å². The van der Waals surface area contributed by atoms with Gasteiger partial charge < -0.3 is 5.32 Å². The van der Waals surface area contributed by atoms with Crippen LogP contribution < -0.4 is 5.32 Å². The van der Waals surface area contributed by atoms with Crippen LogP contribution in [-0.4, -0.2) is 9.78 Å². The molecule has 4 heteroatoms. The molecule has 0 radical (unpaired) electrons. The van der Waals surface area contributed by atoms with Crippen LogP contribution in [0.25, 0.3) is 0 Å². The number of nitrogens with one attached hydrogen (secondary N) is 1. The average Bonchev–Trinajstić information content (AvgIpc) is 2.64. The first-order chi connectivity index (χ1) is 7.24. The van der Waals surface area contributed by atoms with Gasteiger partial charge in [0.2, 0.25) is 0 Å². The molecule has 0 aliphatic carbocycles. The Kier molecular flexibility index (Phi) is 2.92. The van der Waals surface area contributed by atoms with Crippen molar-refractivity contribution < 1.29 is 0 Å². The molecule has 0 fully saturated rings. The molecule has 0 aliphatic rings. The van der Waals surface area contributed by atoms with Crippen LogP contribution in [0.15, 0.2) is 36.5 Å². The molecule has 2 rings (SSSR count). The van der Waals surface area contributed by atoms with Crippen molar-refractivity contribution in [2.75, 3.05) is 5.32 Å². The van der Waals surface area contributed by atoms with E-state index in [0.717, 1.165) is 17.4 Å². The second-order valence-electron chi connectivity index (χ2n) is 3.35. The van der Waals surface area contributed by atoms with Crippen LogP contribution in [0, 0.1) is 0 Å². The molecule has 0 atom stereocenters. The minimum atomic E-state index is 0.758. The summed E-state index contributed by atoms with van der Waals surface area (Å²) in [6.45, 7) is 0.758. The number of aromatic nitrogens is 2. The van der Waals surface area contributed by atoms with E-state index in [2.05, 4.69) is 10.4 Å². The number of aryl methyl sites for hydroxylation is 1. The minimum Gasteiger partial charge on any atom is -0.365 e. The Morgan fingerprint density at radius 2 is 2.00 bits per heavy atom. The zero-order valence-corrected chi connectivity index (χ0v) is 9.20. The molecular weight excluding hydrogens is 210 g/mol. The van der Waals surface area contributed by atoms with E-state index in [-0.39, 0.29) is 0 Å². The van der Waals surface area contributed by atoms with E-state index in [1.165, 1.54) is 5.56 Å². The van der Waals surface area contributed by atoms with Gasteiger partial charge in [-0.3, -0.25) is 4.68 Å². The van der Waals surface area contributed by atoms with Gasteiger partial charge in [0, 0.05) is 30.9 Å². The molecule has 0 aliphatic heterocycles. The Balaban J connectivity index is 1.96. The second kappa shape index (κ2) is 4.36. The Bertz CT molecular complexity index is 433. The predicted octanol–water partition coefficient (Wildman–Crippen LogP) is 2.69. The monoisotopic (exact) mass is 221 g/mol. The SMILES string of the molecule is Cn1ccc(NCc2ccc(Cl)cc2)n1. The molecule has 0 saturated carbocycles. The molecule has 2 aromatic rings. The summed E-state index contributed by atoms with van der Waals surface area (Å²) in [6, 6.07) is 9.71. The molecule has 78 valence electrons. The lowest BCUT2D eigenvalue weighted by atomic mass is 10.2. The van der Waals surface area contributed by atoms with E-state index in [1.807, 2.05) is 43.6 Å². The first kappa shape index (κ1) is 10.1. The molecule has 1 N–H and O–H groups in total. The van der Waals surface area contributed by atoms with Crippen LogP contribution in [0.4, 0.5) is 5.82 Å². The lowest BCUT2D eigenvalue weighted by Crippen LogP contribution is -2.00. The van der Waals surface area contributed by atoms with Crippen molar-refractivity contribution in [3.63, 3.8) is 0 Å². The predicted molar refractivity (Wildman–Crippen MR) is 62.0 cm³/mol. The number of hydrogen-bond donors (Lipinski definition) is 1. The van der Waals surface area contributed by atoms with Crippen molar-refractivity contribution in [2.24, 2.45) is 7.05 Å². The van der Waals surface area contributed by atoms with Crippen molar-refractivity contribution in [1.82, 2.24) is 9.78 Å². The largest absolute Gasteiger partial charge is 0.365 e. The summed E-state index contributed by atoms with van der Waals surface area (Å²) in [5, 5.41) is 8.21. The van der Waals surface area contributed by atoms with Crippen LogP contribution in [0.1, 0.15) is 5.56 Å². The molecule has 1 aromatic heterocycles. The van der Waals surface area contributed by atoms with Crippen molar-refractivity contribution in [3.05, 3.63) is 47.1 Å². The van der Waals surface area contributed by atoms with Crippen LogP contribution in [0.2, 0.25) is 5.02 Å². The molecule has 15 heavy (non-hydrogen) atoms. The molecule has 0 bridgehead atoms. The Morgan fingerprint density at radius 3 is 2.60 bits per heavy atom. The summed E-state index contributed by atoms with van der Waals surface area (Å²) in [7, 11) is 1.90. The van der Waals surface area contributed by atoms with Gasteiger partial charge in [-0.1, -0.05) is 23.7 Å². The van der Waals surface area contributed by atoms with E-state index in [1.54, 1.807) is 4.68 Å². The Labute approximate surface area is 93.7 Å². The fourth-order valence-electron chi connectivity index (χ4n) is 1.30. The van der Waals surface area contributed by atoms with E-state index >= 15 is 0 Å². The van der Waals surface area contributed by atoms with Crippen molar-refractivity contribution in [1.29, 1.82) is 0 Å². The van der Waals surface area contributed by atoms with Crippen LogP contribution in [0.3, 0.4) is 0 Å². The number of hydrogen-bond acceptors (Lipinski definition) is 2. The van der Waals surface area contributed by atoms with Crippen LogP contribution in [0.5, 0.6) is 0 Å². The summed E-state index contributed by atoms with van der Waals surface area (Å²) in [5.74, 6) is 0.882. The highest BCUT2D eigenvalue weighted by Gasteiger charge is 1.96. The quantitative estimate of drug-likeness (QED) is 0.864. The molecule has 0 spiro atoms. The fourth-order valence-corrected chi connectivity index (χ4v) is 1.43. The normalized spacial score (nSPS) is 10.3. The maximum atomic E-state index is 5.80. The van der Waals surface area contributed by atoms with Crippen molar-refractivity contribution >= 4 is 17.4 Å². The highest BCUT2D eigenvalue weighted by atomic mass is 35.5. The summed E-state index contributed by atoms with van der Waals surface area (Å²) in [6.07, 6.45) is 1.91. The Morgan fingerprint density at radius 1 is 1.27 bits per heavy atom. The van der Waals surface area contributed by atoms with Gasteiger partial charge >= 0.3 is 0 Å². The third kappa shape index (κ3) is 2.73. The third-order valence-electron chi connectivity index (χ3n) is 2.10. The van der Waals surface area contributed by atoms with Crippen LogP contribution >= 0.6 is 11.6 Å². The zero-order chi connectivity index (χ0) is 10.7. The number of nitrogens with zero attached hydrogens (tertiary/aromatic N) is 2. The molecule has 0 amide bonds. The number of rotatable bonds is 3. The molecule has 0 unspecified atom stereocenters. The van der Waals surface area contributed by atoms with Gasteiger partial charge in [0.15, 0.2) is 0 Å². The lowest BCUT2D eigenvalue weighted by Gasteiger charge is -2.02. The molecular formula is C11H12ClN3. The number of benzene rings is 1. The smallest absolute Gasteiger partial charge is 0.148 e. The topological polar surface area (TPSA) is 29.9 Å². The van der Waals surface area contributed by atoms with Gasteiger partial charge in [0.1, 0.15) is 5.82 Å². The first-order valence-corrected chi connectivity index (χ1v) is 5.10. The molecule has 1 heterocycles. The fraction of sp³-hybridized carbons (Fsp3) is 0.182. The number of anilines is 1. The summed E-state index contributed by atoms with van der Waals surface area (Å²) >= 11 is 5.80. The van der Waals surface area contributed by atoms with E-state index in [0.29, 0.717) is 0 Å². The minimum absolute atomic E-state index is 0.758. The van der Waals surface area contributed by atoms with E-state index in [4.69, 9.17) is 11.6 Å². The van der Waals surface area contributed by atoms with Gasteiger partial charge in [-0.2, -0.15) is 5.10 Å². The molecule has 0 saturated heterocycles. The van der Waals surface area contributed by atoms with Gasteiger partial charge in [0.05, 0.1) is 0 Å². The third-order valence-corrected chi connectivity index (χ3v) is 2.35.